The molecule has 1 amide bonds. The van der Waals surface area contributed by atoms with Gasteiger partial charge < -0.3 is 4.74 Å². The predicted molar refractivity (Wildman–Crippen MR) is 128 cm³/mol. The number of esters is 1. The van der Waals surface area contributed by atoms with Gasteiger partial charge in [0, 0.05) is 17.2 Å². The Kier molecular flexibility index (Phi) is 8.00. The number of thioether (sulfide) groups is 1. The molecule has 0 saturated carbocycles. The number of hydrogen-bond acceptors (Lipinski definition) is 6. The van der Waals surface area contributed by atoms with E-state index in [1.54, 1.807) is 11.4 Å². The van der Waals surface area contributed by atoms with E-state index in [2.05, 4.69) is 4.98 Å². The van der Waals surface area contributed by atoms with E-state index in [-0.39, 0.29) is 24.2 Å². The molecular weight excluding hydrogens is 475 g/mol. The summed E-state index contributed by atoms with van der Waals surface area (Å²) in [7, 11) is 0. The van der Waals surface area contributed by atoms with Crippen molar-refractivity contribution in [1.82, 2.24) is 4.98 Å². The van der Waals surface area contributed by atoms with Crippen LogP contribution in [0.5, 0.6) is 0 Å². The van der Waals surface area contributed by atoms with Crippen LogP contribution in [0, 0.1) is 13.8 Å². The van der Waals surface area contributed by atoms with Gasteiger partial charge in [0.25, 0.3) is 0 Å². The van der Waals surface area contributed by atoms with Gasteiger partial charge in [0.1, 0.15) is 6.61 Å². The minimum Gasteiger partial charge on any atom is -0.459 e. The van der Waals surface area contributed by atoms with Crippen LogP contribution in [0.3, 0.4) is 0 Å². The zero-order valence-electron chi connectivity index (χ0n) is 17.1. The first-order valence-corrected chi connectivity index (χ1v) is 11.9. The Balaban J connectivity index is 1.66. The second-order valence-electron chi connectivity index (χ2n) is 6.77. The monoisotopic (exact) mass is 494 g/mol. The number of aromatic nitrogens is 1. The molecule has 0 unspecified atom stereocenters. The summed E-state index contributed by atoms with van der Waals surface area (Å²) in [4.78, 5) is 31.3. The van der Waals surface area contributed by atoms with Gasteiger partial charge in [-0.15, -0.1) is 23.1 Å². The Hall–Kier alpha value is -2.06. The van der Waals surface area contributed by atoms with Crippen LogP contribution in [0.1, 0.15) is 23.7 Å². The molecular formula is C22H20Cl2N2O3S2. The lowest BCUT2D eigenvalue weighted by molar-refractivity contribution is -0.141. The number of rotatable bonds is 7. The van der Waals surface area contributed by atoms with Crippen LogP contribution in [-0.4, -0.2) is 22.6 Å². The van der Waals surface area contributed by atoms with Crippen molar-refractivity contribution in [2.45, 2.75) is 32.3 Å². The van der Waals surface area contributed by atoms with Crippen LogP contribution in [0.15, 0.2) is 46.7 Å². The molecule has 0 aliphatic carbocycles. The van der Waals surface area contributed by atoms with Crippen LogP contribution in [-0.2, 0) is 20.9 Å². The molecule has 162 valence electrons. The molecule has 31 heavy (non-hydrogen) atoms. The Bertz CT molecular complexity index is 1090. The van der Waals surface area contributed by atoms with Crippen LogP contribution in [0.25, 0.3) is 0 Å². The van der Waals surface area contributed by atoms with Gasteiger partial charge in [-0.25, -0.2) is 4.98 Å². The smallest absolute Gasteiger partial charge is 0.316 e. The summed E-state index contributed by atoms with van der Waals surface area (Å²) < 4.78 is 5.32. The highest BCUT2D eigenvalue weighted by atomic mass is 35.5. The summed E-state index contributed by atoms with van der Waals surface area (Å²) in [5, 5.41) is 3.31. The highest BCUT2D eigenvalue weighted by molar-refractivity contribution is 8.00. The number of carbonyl (C=O) groups excluding carboxylic acids is 2. The molecule has 3 aromatic rings. The number of carbonyl (C=O) groups is 2. The first-order chi connectivity index (χ1) is 14.8. The standard InChI is InChI=1S/C22H20Cl2N2O3S2/c1-13-8-14(2)21(18(24)9-13)26(15(3)27)22-25-16(11-31-22)10-29-20(28)12-30-19-7-5-4-6-17(19)23/h4-9,11H,10,12H2,1-3H3. The van der Waals surface area contributed by atoms with E-state index in [0.29, 0.717) is 26.6 Å². The number of amides is 1. The summed E-state index contributed by atoms with van der Waals surface area (Å²) in [5.74, 6) is -0.443. The van der Waals surface area contributed by atoms with Gasteiger partial charge >= 0.3 is 5.97 Å². The Morgan fingerprint density at radius 1 is 1.16 bits per heavy atom. The number of aryl methyl sites for hydroxylation is 2. The lowest BCUT2D eigenvalue weighted by Crippen LogP contribution is -2.24. The Labute approximate surface area is 199 Å². The third-order valence-corrected chi connectivity index (χ3v) is 6.88. The number of benzene rings is 2. The number of halogens is 2. The molecule has 1 heterocycles. The van der Waals surface area contributed by atoms with E-state index < -0.39 is 0 Å². The maximum Gasteiger partial charge on any atom is 0.316 e. The molecule has 0 spiro atoms. The van der Waals surface area contributed by atoms with Gasteiger partial charge in [-0.3, -0.25) is 14.5 Å². The van der Waals surface area contributed by atoms with E-state index in [9.17, 15) is 9.59 Å². The lowest BCUT2D eigenvalue weighted by atomic mass is 10.1. The average molecular weight is 495 g/mol. The fourth-order valence-corrected chi connectivity index (χ4v) is 5.24. The van der Waals surface area contributed by atoms with E-state index >= 15 is 0 Å². The third kappa shape index (κ3) is 6.01. The van der Waals surface area contributed by atoms with Crippen LogP contribution >= 0.6 is 46.3 Å². The number of anilines is 2. The number of ether oxygens (including phenoxy) is 1. The fourth-order valence-electron chi connectivity index (χ4n) is 2.94. The Morgan fingerprint density at radius 2 is 1.90 bits per heavy atom. The first-order valence-electron chi connectivity index (χ1n) is 9.31. The van der Waals surface area contributed by atoms with E-state index in [0.717, 1.165) is 16.0 Å². The molecule has 0 aliphatic rings. The number of hydrogen-bond donors (Lipinski definition) is 0. The average Bonchev–Trinajstić information content (AvgIpc) is 3.16. The molecule has 0 bridgehead atoms. The summed E-state index contributed by atoms with van der Waals surface area (Å²) in [5.41, 5.74) is 3.05. The highest BCUT2D eigenvalue weighted by Gasteiger charge is 2.23. The molecule has 3 rings (SSSR count). The molecule has 0 N–H and O–H groups in total. The molecule has 0 aliphatic heterocycles. The SMILES string of the molecule is CC(=O)N(c1nc(COC(=O)CSc2ccccc2Cl)cs1)c1c(C)cc(C)cc1Cl. The molecule has 2 aromatic carbocycles. The van der Waals surface area contributed by atoms with Crippen molar-refractivity contribution in [1.29, 1.82) is 0 Å². The number of thiazole rings is 1. The van der Waals surface area contributed by atoms with Crippen molar-refractivity contribution in [3.8, 4) is 0 Å². The predicted octanol–water partition coefficient (Wildman–Crippen LogP) is 6.59. The van der Waals surface area contributed by atoms with Gasteiger partial charge in [0.2, 0.25) is 5.91 Å². The first kappa shape index (κ1) is 23.6. The van der Waals surface area contributed by atoms with E-state index in [4.69, 9.17) is 27.9 Å². The van der Waals surface area contributed by atoms with Crippen molar-refractivity contribution in [3.05, 3.63) is 68.6 Å². The van der Waals surface area contributed by atoms with Gasteiger partial charge in [-0.2, -0.15) is 0 Å². The largest absolute Gasteiger partial charge is 0.459 e. The Morgan fingerprint density at radius 3 is 2.58 bits per heavy atom. The zero-order chi connectivity index (χ0) is 22.5. The minimum atomic E-state index is -0.375. The van der Waals surface area contributed by atoms with Crippen LogP contribution < -0.4 is 4.90 Å². The summed E-state index contributed by atoms with van der Waals surface area (Å²) in [6.45, 7) is 5.32. The maximum atomic E-state index is 12.4. The normalized spacial score (nSPS) is 10.7. The van der Waals surface area contributed by atoms with Gasteiger partial charge in [-0.1, -0.05) is 41.4 Å². The quantitative estimate of drug-likeness (QED) is 0.274. The van der Waals surface area contributed by atoms with Gasteiger partial charge in [0.15, 0.2) is 5.13 Å². The van der Waals surface area contributed by atoms with E-state index in [1.165, 1.54) is 34.9 Å². The molecule has 5 nitrogen and oxygen atoms in total. The molecule has 0 radical (unpaired) electrons. The van der Waals surface area contributed by atoms with Crippen molar-refractivity contribution in [2.24, 2.45) is 0 Å². The fraction of sp³-hybridized carbons (Fsp3) is 0.227. The van der Waals surface area contributed by atoms with Crippen molar-refractivity contribution in [2.75, 3.05) is 10.7 Å². The van der Waals surface area contributed by atoms with E-state index in [1.807, 2.05) is 44.2 Å². The molecule has 0 atom stereocenters. The minimum absolute atomic E-state index is 0.0186. The number of nitrogens with zero attached hydrogens (tertiary/aromatic N) is 2. The van der Waals surface area contributed by atoms with Gasteiger partial charge in [-0.05, 0) is 43.2 Å². The molecule has 0 saturated heterocycles. The zero-order valence-corrected chi connectivity index (χ0v) is 20.3. The summed E-state index contributed by atoms with van der Waals surface area (Å²) in [6, 6.07) is 11.1. The molecule has 1 aromatic heterocycles. The second kappa shape index (κ2) is 10.5. The topological polar surface area (TPSA) is 59.5 Å². The molecule has 9 heteroatoms. The second-order valence-corrected chi connectivity index (χ2v) is 9.44. The van der Waals surface area contributed by atoms with Crippen molar-refractivity contribution >= 4 is 69.0 Å². The van der Waals surface area contributed by atoms with Crippen LogP contribution in [0.2, 0.25) is 10.0 Å². The van der Waals surface area contributed by atoms with Crippen LogP contribution in [0.4, 0.5) is 10.8 Å². The summed E-state index contributed by atoms with van der Waals surface area (Å²) in [6.07, 6.45) is 0. The molecule has 0 fully saturated rings. The summed E-state index contributed by atoms with van der Waals surface area (Å²) >= 11 is 15.1. The maximum absolute atomic E-state index is 12.4. The van der Waals surface area contributed by atoms with Crippen molar-refractivity contribution < 1.29 is 14.3 Å². The highest BCUT2D eigenvalue weighted by Crippen LogP contribution is 2.37. The third-order valence-electron chi connectivity index (χ3n) is 4.23. The van der Waals surface area contributed by atoms with Gasteiger partial charge in [0.05, 0.1) is 27.2 Å². The van der Waals surface area contributed by atoms with Crippen molar-refractivity contribution in [3.63, 3.8) is 0 Å². The lowest BCUT2D eigenvalue weighted by Gasteiger charge is -2.22.